The highest BCUT2D eigenvalue weighted by Gasteiger charge is 2.21. The van der Waals surface area contributed by atoms with Crippen LogP contribution in [0.2, 0.25) is 0 Å². The largest absolute Gasteiger partial charge is 0.392 e. The summed E-state index contributed by atoms with van der Waals surface area (Å²) in [5.41, 5.74) is 1.35. The van der Waals surface area contributed by atoms with Crippen LogP contribution in [0.25, 0.3) is 0 Å². The number of hydrogen-bond acceptors (Lipinski definition) is 3. The molecule has 2 N–H and O–H groups in total. The number of halogens is 1. The number of benzene rings is 1. The molecule has 1 saturated heterocycles. The fourth-order valence-corrected chi connectivity index (χ4v) is 2.99. The molecule has 20 heavy (non-hydrogen) atoms. The van der Waals surface area contributed by atoms with Crippen molar-refractivity contribution in [2.45, 2.75) is 38.3 Å². The van der Waals surface area contributed by atoms with E-state index >= 15 is 0 Å². The third-order valence-corrected chi connectivity index (χ3v) is 4.42. The Bertz CT molecular complexity index is 396. The van der Waals surface area contributed by atoms with Crippen molar-refractivity contribution >= 4 is 15.9 Å². The van der Waals surface area contributed by atoms with Crippen LogP contribution in [0.5, 0.6) is 0 Å². The molecule has 2 rings (SSSR count). The Morgan fingerprint density at radius 3 is 2.75 bits per heavy atom. The van der Waals surface area contributed by atoms with E-state index in [1.807, 2.05) is 0 Å². The Balaban J connectivity index is 1.91. The highest BCUT2D eigenvalue weighted by Crippen LogP contribution is 2.21. The van der Waals surface area contributed by atoms with Gasteiger partial charge in [0.2, 0.25) is 0 Å². The molecule has 0 radical (unpaired) electrons. The van der Waals surface area contributed by atoms with Crippen molar-refractivity contribution in [3.63, 3.8) is 0 Å². The lowest BCUT2D eigenvalue weighted by molar-refractivity contribution is 0.174. The van der Waals surface area contributed by atoms with E-state index < -0.39 is 0 Å². The van der Waals surface area contributed by atoms with E-state index in [1.165, 1.54) is 5.56 Å². The Labute approximate surface area is 130 Å². The molecule has 0 spiro atoms. The van der Waals surface area contributed by atoms with Crippen LogP contribution in [-0.2, 0) is 0 Å². The highest BCUT2D eigenvalue weighted by molar-refractivity contribution is 9.10. The summed E-state index contributed by atoms with van der Waals surface area (Å²) >= 11 is 3.49. The number of rotatable bonds is 7. The van der Waals surface area contributed by atoms with E-state index in [0.717, 1.165) is 49.9 Å². The van der Waals surface area contributed by atoms with E-state index in [4.69, 9.17) is 0 Å². The zero-order valence-electron chi connectivity index (χ0n) is 12.2. The first-order valence-electron chi connectivity index (χ1n) is 7.58. The monoisotopic (exact) mass is 340 g/mol. The Kier molecular flexibility index (Phi) is 6.49. The lowest BCUT2D eigenvalue weighted by atomic mass is 10.0. The fourth-order valence-electron chi connectivity index (χ4n) is 2.73. The van der Waals surface area contributed by atoms with Crippen molar-refractivity contribution in [2.24, 2.45) is 0 Å². The lowest BCUT2D eigenvalue weighted by Gasteiger charge is -2.22. The van der Waals surface area contributed by atoms with Crippen molar-refractivity contribution in [2.75, 3.05) is 26.2 Å². The van der Waals surface area contributed by atoms with Crippen molar-refractivity contribution in [3.05, 3.63) is 34.3 Å². The topological polar surface area (TPSA) is 35.5 Å². The smallest absolute Gasteiger partial charge is 0.0679 e. The molecule has 3 nitrogen and oxygen atoms in total. The van der Waals surface area contributed by atoms with Gasteiger partial charge >= 0.3 is 0 Å². The van der Waals surface area contributed by atoms with E-state index in [0.29, 0.717) is 6.04 Å². The summed E-state index contributed by atoms with van der Waals surface area (Å²) in [5.74, 6) is 0. The van der Waals surface area contributed by atoms with Gasteiger partial charge in [0.15, 0.2) is 0 Å². The lowest BCUT2D eigenvalue weighted by Crippen LogP contribution is -2.29. The van der Waals surface area contributed by atoms with E-state index in [2.05, 4.69) is 57.3 Å². The standard InChI is InChI=1S/C16H25BrN2O/c1-2-9-18-16(13-3-5-14(17)6-4-13)8-11-19-10-7-15(20)12-19/h3-6,15-16,18,20H,2,7-12H2,1H3. The molecule has 0 bridgehead atoms. The average Bonchev–Trinajstić information content (AvgIpc) is 2.86. The summed E-state index contributed by atoms with van der Waals surface area (Å²) in [6.07, 6.45) is 3.04. The molecule has 112 valence electrons. The summed E-state index contributed by atoms with van der Waals surface area (Å²) in [7, 11) is 0. The summed E-state index contributed by atoms with van der Waals surface area (Å²) in [6, 6.07) is 9.00. The maximum absolute atomic E-state index is 9.59. The van der Waals surface area contributed by atoms with Crippen LogP contribution in [0, 0.1) is 0 Å². The Hall–Kier alpha value is -0.420. The number of hydrogen-bond donors (Lipinski definition) is 2. The van der Waals surface area contributed by atoms with Crippen LogP contribution < -0.4 is 5.32 Å². The summed E-state index contributed by atoms with van der Waals surface area (Å²) < 4.78 is 1.12. The van der Waals surface area contributed by atoms with Gasteiger partial charge in [-0.05, 0) is 43.5 Å². The minimum Gasteiger partial charge on any atom is -0.392 e. The van der Waals surface area contributed by atoms with Gasteiger partial charge in [-0.3, -0.25) is 0 Å². The second-order valence-corrected chi connectivity index (χ2v) is 6.51. The molecule has 2 unspecified atom stereocenters. The predicted molar refractivity (Wildman–Crippen MR) is 86.9 cm³/mol. The first-order valence-corrected chi connectivity index (χ1v) is 8.37. The zero-order chi connectivity index (χ0) is 14.4. The number of β-amino-alcohol motifs (C(OH)–C–C–N with tert-alkyl or cyclic N) is 1. The first kappa shape index (κ1) is 16.0. The first-order chi connectivity index (χ1) is 9.69. The molecular formula is C16H25BrN2O. The molecule has 0 aliphatic carbocycles. The Morgan fingerprint density at radius 2 is 2.15 bits per heavy atom. The molecule has 1 aromatic rings. The Morgan fingerprint density at radius 1 is 1.40 bits per heavy atom. The molecule has 0 saturated carbocycles. The van der Waals surface area contributed by atoms with Gasteiger partial charge in [-0.25, -0.2) is 0 Å². The van der Waals surface area contributed by atoms with Crippen LogP contribution in [0.15, 0.2) is 28.7 Å². The summed E-state index contributed by atoms with van der Waals surface area (Å²) in [4.78, 5) is 2.37. The van der Waals surface area contributed by atoms with Crippen molar-refractivity contribution in [3.8, 4) is 0 Å². The number of aliphatic hydroxyl groups excluding tert-OH is 1. The molecule has 2 atom stereocenters. The van der Waals surface area contributed by atoms with Gasteiger partial charge in [0.05, 0.1) is 6.10 Å². The third-order valence-electron chi connectivity index (χ3n) is 3.89. The SMILES string of the molecule is CCCNC(CCN1CCC(O)C1)c1ccc(Br)cc1. The maximum atomic E-state index is 9.59. The van der Waals surface area contributed by atoms with Crippen molar-refractivity contribution in [1.29, 1.82) is 0 Å². The molecule has 4 heteroatoms. The van der Waals surface area contributed by atoms with Crippen LogP contribution in [-0.4, -0.2) is 42.3 Å². The predicted octanol–water partition coefficient (Wildman–Crippen LogP) is 2.95. The maximum Gasteiger partial charge on any atom is 0.0679 e. The van der Waals surface area contributed by atoms with Gasteiger partial charge in [-0.1, -0.05) is 35.0 Å². The summed E-state index contributed by atoms with van der Waals surface area (Å²) in [6.45, 7) is 6.16. The number of nitrogens with zero attached hydrogens (tertiary/aromatic N) is 1. The van der Waals surface area contributed by atoms with Gasteiger partial charge in [0.1, 0.15) is 0 Å². The fraction of sp³-hybridized carbons (Fsp3) is 0.625. The molecule has 1 fully saturated rings. The molecule has 0 aromatic heterocycles. The minimum absolute atomic E-state index is 0.121. The highest BCUT2D eigenvalue weighted by atomic mass is 79.9. The van der Waals surface area contributed by atoms with Crippen LogP contribution in [0.4, 0.5) is 0 Å². The molecule has 1 heterocycles. The van der Waals surface area contributed by atoms with Crippen molar-refractivity contribution < 1.29 is 5.11 Å². The quantitative estimate of drug-likeness (QED) is 0.800. The molecular weight excluding hydrogens is 316 g/mol. The minimum atomic E-state index is -0.121. The molecule has 1 aromatic carbocycles. The van der Waals surface area contributed by atoms with Gasteiger partial charge in [0, 0.05) is 30.1 Å². The molecule has 1 aliphatic rings. The number of aliphatic hydroxyl groups is 1. The van der Waals surface area contributed by atoms with Gasteiger partial charge in [-0.15, -0.1) is 0 Å². The average molecular weight is 341 g/mol. The van der Waals surface area contributed by atoms with Crippen LogP contribution in [0.1, 0.15) is 37.8 Å². The van der Waals surface area contributed by atoms with Crippen molar-refractivity contribution in [1.82, 2.24) is 10.2 Å². The molecule has 0 amide bonds. The van der Waals surface area contributed by atoms with E-state index in [-0.39, 0.29) is 6.10 Å². The van der Waals surface area contributed by atoms with Crippen LogP contribution >= 0.6 is 15.9 Å². The van der Waals surface area contributed by atoms with E-state index in [9.17, 15) is 5.11 Å². The van der Waals surface area contributed by atoms with Gasteiger partial charge in [0.25, 0.3) is 0 Å². The third kappa shape index (κ3) is 4.85. The number of nitrogens with one attached hydrogen (secondary N) is 1. The van der Waals surface area contributed by atoms with E-state index in [1.54, 1.807) is 0 Å². The molecule has 1 aliphatic heterocycles. The summed E-state index contributed by atoms with van der Waals surface area (Å²) in [5, 5.41) is 13.2. The van der Waals surface area contributed by atoms with Crippen LogP contribution in [0.3, 0.4) is 0 Å². The normalized spacial score (nSPS) is 21.2. The zero-order valence-corrected chi connectivity index (χ0v) is 13.8. The second kappa shape index (κ2) is 8.13. The van der Waals surface area contributed by atoms with Gasteiger partial charge < -0.3 is 15.3 Å². The second-order valence-electron chi connectivity index (χ2n) is 5.59. The number of likely N-dealkylation sites (tertiary alicyclic amines) is 1. The van der Waals surface area contributed by atoms with Gasteiger partial charge in [-0.2, -0.15) is 0 Å².